The molecule has 2 aromatic rings. The lowest BCUT2D eigenvalue weighted by atomic mass is 10.0. The highest BCUT2D eigenvalue weighted by Gasteiger charge is 2.11. The molecule has 1 atom stereocenters. The van der Waals surface area contributed by atoms with Gasteiger partial charge in [-0.25, -0.2) is 4.39 Å². The van der Waals surface area contributed by atoms with E-state index >= 15 is 0 Å². The standard InChI is InChI=1S/C11H12FN3O/c1-6(12)7-2-3-10(16)8(4-7)9-5-11(13)15-14-9/h2-6,16H,1H3,(H3,13,14,15). The Kier molecular flexibility index (Phi) is 2.52. The number of anilines is 1. The van der Waals surface area contributed by atoms with Crippen molar-refractivity contribution < 1.29 is 9.50 Å². The van der Waals surface area contributed by atoms with Crippen LogP contribution in [0.15, 0.2) is 24.3 Å². The number of phenols is 1. The number of nitrogen functional groups attached to an aromatic ring is 1. The molecule has 1 aromatic carbocycles. The van der Waals surface area contributed by atoms with E-state index in [1.165, 1.54) is 13.0 Å². The van der Waals surface area contributed by atoms with E-state index in [-0.39, 0.29) is 5.75 Å². The molecular weight excluding hydrogens is 209 g/mol. The van der Waals surface area contributed by atoms with Gasteiger partial charge in [0.1, 0.15) is 17.7 Å². The number of hydrogen-bond donors (Lipinski definition) is 3. The molecule has 4 N–H and O–H groups in total. The van der Waals surface area contributed by atoms with Crippen LogP contribution in [0.1, 0.15) is 18.7 Å². The van der Waals surface area contributed by atoms with Gasteiger partial charge in [0.25, 0.3) is 0 Å². The molecule has 1 aromatic heterocycles. The monoisotopic (exact) mass is 221 g/mol. The molecule has 1 unspecified atom stereocenters. The van der Waals surface area contributed by atoms with Crippen LogP contribution in [0.2, 0.25) is 0 Å². The second-order valence-corrected chi connectivity index (χ2v) is 3.60. The first-order valence-electron chi connectivity index (χ1n) is 4.86. The van der Waals surface area contributed by atoms with E-state index in [2.05, 4.69) is 10.2 Å². The molecule has 1 heterocycles. The molecule has 84 valence electrons. The second-order valence-electron chi connectivity index (χ2n) is 3.60. The Morgan fingerprint density at radius 1 is 1.44 bits per heavy atom. The minimum Gasteiger partial charge on any atom is -0.507 e. The second kappa shape index (κ2) is 3.84. The predicted molar refractivity (Wildman–Crippen MR) is 59.6 cm³/mol. The summed E-state index contributed by atoms with van der Waals surface area (Å²) in [5.74, 6) is 0.390. The Hall–Kier alpha value is -2.04. The van der Waals surface area contributed by atoms with Crippen LogP contribution < -0.4 is 5.73 Å². The number of halogens is 1. The molecule has 0 fully saturated rings. The maximum atomic E-state index is 13.1. The van der Waals surface area contributed by atoms with Gasteiger partial charge < -0.3 is 10.8 Å². The van der Waals surface area contributed by atoms with Crippen molar-refractivity contribution in [3.8, 4) is 17.0 Å². The number of benzene rings is 1. The van der Waals surface area contributed by atoms with Crippen LogP contribution in [0.5, 0.6) is 5.75 Å². The number of hydrogen-bond acceptors (Lipinski definition) is 3. The van der Waals surface area contributed by atoms with E-state index in [1.54, 1.807) is 18.2 Å². The lowest BCUT2D eigenvalue weighted by molar-refractivity contribution is 0.374. The number of nitrogens with one attached hydrogen (secondary N) is 1. The number of aromatic hydroxyl groups is 1. The zero-order valence-electron chi connectivity index (χ0n) is 8.74. The Morgan fingerprint density at radius 2 is 2.19 bits per heavy atom. The third-order valence-electron chi connectivity index (χ3n) is 2.37. The lowest BCUT2D eigenvalue weighted by Crippen LogP contribution is -1.87. The highest BCUT2D eigenvalue weighted by molar-refractivity contribution is 5.69. The smallest absolute Gasteiger partial charge is 0.145 e. The molecule has 5 heteroatoms. The zero-order valence-corrected chi connectivity index (χ0v) is 8.74. The number of rotatable bonds is 2. The third kappa shape index (κ3) is 1.84. The van der Waals surface area contributed by atoms with Gasteiger partial charge in [-0.15, -0.1) is 0 Å². The van der Waals surface area contributed by atoms with E-state index in [0.717, 1.165) is 0 Å². The summed E-state index contributed by atoms with van der Waals surface area (Å²) in [6.45, 7) is 1.44. The van der Waals surface area contributed by atoms with Gasteiger partial charge in [-0.3, -0.25) is 5.10 Å². The summed E-state index contributed by atoms with van der Waals surface area (Å²) < 4.78 is 13.1. The molecule has 0 radical (unpaired) electrons. The van der Waals surface area contributed by atoms with Crippen LogP contribution in [-0.2, 0) is 0 Å². The van der Waals surface area contributed by atoms with Crippen molar-refractivity contribution in [2.24, 2.45) is 0 Å². The minimum atomic E-state index is -1.08. The molecule has 0 aliphatic rings. The highest BCUT2D eigenvalue weighted by Crippen LogP contribution is 2.31. The van der Waals surface area contributed by atoms with Crippen LogP contribution in [-0.4, -0.2) is 15.3 Å². The van der Waals surface area contributed by atoms with Gasteiger partial charge in [-0.05, 0) is 24.6 Å². The molecule has 0 saturated heterocycles. The van der Waals surface area contributed by atoms with Crippen molar-refractivity contribution in [2.45, 2.75) is 13.1 Å². The average molecular weight is 221 g/mol. The Balaban J connectivity index is 2.51. The predicted octanol–water partition coefficient (Wildman–Crippen LogP) is 2.40. The Bertz CT molecular complexity index is 508. The molecule has 0 bridgehead atoms. The van der Waals surface area contributed by atoms with Crippen LogP contribution in [0.25, 0.3) is 11.3 Å². The van der Waals surface area contributed by atoms with Gasteiger partial charge in [0.15, 0.2) is 0 Å². The van der Waals surface area contributed by atoms with E-state index in [1.807, 2.05) is 0 Å². The minimum absolute atomic E-state index is 0.0630. The fourth-order valence-corrected chi connectivity index (χ4v) is 1.49. The Labute approximate surface area is 91.9 Å². The molecule has 0 amide bonds. The van der Waals surface area contributed by atoms with Gasteiger partial charge in [-0.2, -0.15) is 5.10 Å². The van der Waals surface area contributed by atoms with Crippen molar-refractivity contribution in [3.05, 3.63) is 29.8 Å². The quantitative estimate of drug-likeness (QED) is 0.728. The summed E-state index contributed by atoms with van der Waals surface area (Å²) in [5, 5.41) is 16.1. The molecule has 2 rings (SSSR count). The molecule has 0 spiro atoms. The van der Waals surface area contributed by atoms with Crippen LogP contribution in [0, 0.1) is 0 Å². The highest BCUT2D eigenvalue weighted by atomic mass is 19.1. The van der Waals surface area contributed by atoms with Gasteiger partial charge in [-0.1, -0.05) is 6.07 Å². The maximum Gasteiger partial charge on any atom is 0.145 e. The number of phenolic OH excluding ortho intramolecular Hbond substituents is 1. The van der Waals surface area contributed by atoms with Gasteiger partial charge >= 0.3 is 0 Å². The normalized spacial score (nSPS) is 12.6. The number of aromatic nitrogens is 2. The fourth-order valence-electron chi connectivity index (χ4n) is 1.49. The van der Waals surface area contributed by atoms with E-state index in [9.17, 15) is 9.50 Å². The van der Waals surface area contributed by atoms with E-state index < -0.39 is 6.17 Å². The van der Waals surface area contributed by atoms with Crippen LogP contribution in [0.3, 0.4) is 0 Å². The van der Waals surface area contributed by atoms with E-state index in [4.69, 9.17) is 5.73 Å². The number of aromatic amines is 1. The largest absolute Gasteiger partial charge is 0.507 e. The SMILES string of the molecule is CC(F)c1ccc(O)c(-c2cc(N)n[nH]2)c1. The first-order chi connectivity index (χ1) is 7.58. The maximum absolute atomic E-state index is 13.1. The van der Waals surface area contributed by atoms with Crippen molar-refractivity contribution in [2.75, 3.05) is 5.73 Å². The molecular formula is C11H12FN3O. The van der Waals surface area contributed by atoms with Crippen molar-refractivity contribution in [1.82, 2.24) is 10.2 Å². The number of nitrogens with two attached hydrogens (primary N) is 1. The third-order valence-corrected chi connectivity index (χ3v) is 2.37. The summed E-state index contributed by atoms with van der Waals surface area (Å²) in [4.78, 5) is 0. The van der Waals surface area contributed by atoms with Crippen molar-refractivity contribution in [1.29, 1.82) is 0 Å². The first kappa shape index (κ1) is 10.5. The summed E-state index contributed by atoms with van der Waals surface area (Å²) in [6.07, 6.45) is -1.08. The molecule has 0 saturated carbocycles. The summed E-state index contributed by atoms with van der Waals surface area (Å²) >= 11 is 0. The van der Waals surface area contributed by atoms with Gasteiger partial charge in [0.2, 0.25) is 0 Å². The van der Waals surface area contributed by atoms with Gasteiger partial charge in [0.05, 0.1) is 5.69 Å². The molecule has 0 aliphatic carbocycles. The summed E-state index contributed by atoms with van der Waals surface area (Å²) in [5.41, 5.74) is 7.03. The van der Waals surface area contributed by atoms with Crippen LogP contribution >= 0.6 is 0 Å². The lowest BCUT2D eigenvalue weighted by Gasteiger charge is -2.06. The summed E-state index contributed by atoms with van der Waals surface area (Å²) in [7, 11) is 0. The molecule has 4 nitrogen and oxygen atoms in total. The average Bonchev–Trinajstić information content (AvgIpc) is 2.65. The van der Waals surface area contributed by atoms with E-state index in [0.29, 0.717) is 22.6 Å². The molecule has 0 aliphatic heterocycles. The summed E-state index contributed by atoms with van der Waals surface area (Å²) in [6, 6.07) is 6.16. The number of alkyl halides is 1. The fraction of sp³-hybridized carbons (Fsp3) is 0.182. The van der Waals surface area contributed by atoms with Crippen LogP contribution in [0.4, 0.5) is 10.2 Å². The number of H-pyrrole nitrogens is 1. The van der Waals surface area contributed by atoms with Gasteiger partial charge in [0, 0.05) is 11.6 Å². The molecule has 16 heavy (non-hydrogen) atoms. The Morgan fingerprint density at radius 3 is 2.75 bits per heavy atom. The number of nitrogens with zero attached hydrogens (tertiary/aromatic N) is 1. The van der Waals surface area contributed by atoms with Crippen molar-refractivity contribution >= 4 is 5.82 Å². The first-order valence-corrected chi connectivity index (χ1v) is 4.86. The topological polar surface area (TPSA) is 74.9 Å². The zero-order chi connectivity index (χ0) is 11.7. The van der Waals surface area contributed by atoms with Crippen molar-refractivity contribution in [3.63, 3.8) is 0 Å².